The van der Waals surface area contributed by atoms with E-state index in [4.69, 9.17) is 10.8 Å². The first-order valence-electron chi connectivity index (χ1n) is 21.6. The van der Waals surface area contributed by atoms with Crippen LogP contribution in [0, 0.1) is 23.7 Å². The Morgan fingerprint density at radius 2 is 0.700 bits per heavy atom. The van der Waals surface area contributed by atoms with Gasteiger partial charge >= 0.3 is 20.9 Å². The Bertz CT molecular complexity index is 1110. The third kappa shape index (κ3) is 25.1. The van der Waals surface area contributed by atoms with Gasteiger partial charge in [0.2, 0.25) is 0 Å². The van der Waals surface area contributed by atoms with E-state index in [1.807, 2.05) is 0 Å². The molecule has 4 rings (SSSR count). The predicted octanol–water partition coefficient (Wildman–Crippen LogP) is 4.01. The van der Waals surface area contributed by atoms with Crippen LogP contribution in [0.3, 0.4) is 0 Å². The van der Waals surface area contributed by atoms with Gasteiger partial charge < -0.3 is 76.2 Å². The molecule has 18 heteroatoms. The summed E-state index contributed by atoms with van der Waals surface area (Å²) >= 11 is 7.40. The molecule has 4 aliphatic heterocycles. The number of thiocarbonyl (C=S) groups is 2. The van der Waals surface area contributed by atoms with Crippen LogP contribution >= 0.6 is 24.4 Å². The summed E-state index contributed by atoms with van der Waals surface area (Å²) in [4.78, 5) is 43.5. The molecule has 342 valence electrons. The third-order valence-corrected chi connectivity index (χ3v) is 11.6. The van der Waals surface area contributed by atoms with Crippen molar-refractivity contribution in [1.29, 1.82) is 0 Å². The molecule has 0 spiro atoms. The average Bonchev–Trinajstić information content (AvgIpc) is 3.24. The minimum absolute atomic E-state index is 0. The van der Waals surface area contributed by atoms with E-state index in [9.17, 15) is 39.6 Å². The number of aliphatic carboxylic acids is 4. The molecule has 0 aromatic heterocycles. The number of quaternary nitrogens is 1. The number of carboxylic acid groups (broad SMARTS) is 4. The molecule has 8 atom stereocenters. The summed E-state index contributed by atoms with van der Waals surface area (Å²) in [6.07, 6.45) is 14.8. The monoisotopic (exact) mass is 965 g/mol. The van der Waals surface area contributed by atoms with Crippen LogP contribution in [0.25, 0.3) is 32.1 Å². The molecule has 4 heterocycles. The maximum absolute atomic E-state index is 10.9. The number of hydrogen-bond donors (Lipinski definition) is 0. The predicted molar refractivity (Wildman–Crippen MR) is 231 cm³/mol. The molecule has 8 unspecified atom stereocenters. The molecule has 0 aromatic rings. The second kappa shape index (κ2) is 36.4. The van der Waals surface area contributed by atoms with Crippen molar-refractivity contribution in [2.24, 2.45) is 23.7 Å². The van der Waals surface area contributed by atoms with Crippen LogP contribution in [-0.4, -0.2) is 115 Å². The van der Waals surface area contributed by atoms with E-state index in [1.165, 1.54) is 92.4 Å². The second-order valence-corrected chi connectivity index (χ2v) is 16.3. The fourth-order valence-corrected chi connectivity index (χ4v) is 8.14. The molecule has 4 saturated heterocycles. The molecule has 0 N–H and O–H groups in total. The first-order valence-corrected chi connectivity index (χ1v) is 22.4. The molecule has 0 saturated carbocycles. The molecule has 0 aromatic carbocycles. The molecule has 60 heavy (non-hydrogen) atoms. The van der Waals surface area contributed by atoms with Gasteiger partial charge in [0.15, 0.2) is 0 Å². The van der Waals surface area contributed by atoms with Gasteiger partial charge in [-0.25, -0.2) is 0 Å². The maximum Gasteiger partial charge on any atom is 6.00 e. The minimum atomic E-state index is -1.04. The number of carboxylic acids is 4. The molecule has 0 aliphatic carbocycles. The van der Waals surface area contributed by atoms with E-state index in [-0.39, 0.29) is 45.1 Å². The summed E-state index contributed by atoms with van der Waals surface area (Å²) < 4.78 is 1.42. The number of rotatable bonds is 18. The molecule has 4 fully saturated rings. The quantitative estimate of drug-likeness (QED) is 0.0825. The van der Waals surface area contributed by atoms with Crippen LogP contribution in [0.5, 0.6) is 0 Å². The van der Waals surface area contributed by atoms with E-state index >= 15 is 0 Å². The van der Waals surface area contributed by atoms with Crippen molar-refractivity contribution in [2.75, 3.05) is 52.4 Å². The average molecular weight is 965 g/mol. The molecule has 0 radical (unpaired) electrons. The van der Waals surface area contributed by atoms with Crippen molar-refractivity contribution in [3.63, 3.8) is 0 Å². The van der Waals surface area contributed by atoms with Crippen molar-refractivity contribution in [3.8, 4) is 0 Å². The Balaban J connectivity index is -0.000000763. The number of unbranched alkanes of at least 4 members (excludes halogenated alkanes) is 4. The van der Waals surface area contributed by atoms with Crippen molar-refractivity contribution >= 4 is 58.6 Å². The Kier molecular flexibility index (Phi) is 36.4. The van der Waals surface area contributed by atoms with Crippen LogP contribution in [0.2, 0.25) is 0 Å². The normalized spacial score (nSPS) is 25.9. The zero-order valence-electron chi connectivity index (χ0n) is 37.2. The van der Waals surface area contributed by atoms with E-state index in [1.54, 1.807) is 0 Å². The number of isothiocyanates is 2. The molecule has 0 amide bonds. The van der Waals surface area contributed by atoms with Crippen LogP contribution in [0.1, 0.15) is 132 Å². The fraction of sp³-hybridized carbons (Fsp3) is 0.857. The van der Waals surface area contributed by atoms with E-state index in [0.29, 0.717) is 77.5 Å². The van der Waals surface area contributed by atoms with Crippen molar-refractivity contribution in [2.45, 2.75) is 155 Å². The topological polar surface area (TPSA) is 262 Å². The number of nitrogens with zero attached hydrogens (tertiary/aromatic N) is 7. The van der Waals surface area contributed by atoms with Gasteiger partial charge in [-0.3, -0.25) is 0 Å². The maximum atomic E-state index is 10.9. The van der Waals surface area contributed by atoms with E-state index in [2.05, 4.69) is 73.4 Å². The molecule has 4 aliphatic rings. The van der Waals surface area contributed by atoms with Gasteiger partial charge in [0.25, 0.3) is 0 Å². The van der Waals surface area contributed by atoms with Crippen molar-refractivity contribution < 1.29 is 65.0 Å². The smallest absolute Gasteiger partial charge is 0.753 e. The summed E-state index contributed by atoms with van der Waals surface area (Å²) in [7, 11) is 0. The third-order valence-electron chi connectivity index (χ3n) is 11.6. The first-order chi connectivity index (χ1) is 28.2. The first kappa shape index (κ1) is 60.0. The Morgan fingerprint density at radius 3 is 0.850 bits per heavy atom. The largest absolute Gasteiger partial charge is 6.00 e. The number of hydrogen-bond acceptors (Lipinski definition) is 10. The fourth-order valence-electron chi connectivity index (χ4n) is 8.14. The molecular weight excluding hydrogens is 896 g/mol. The summed E-state index contributed by atoms with van der Waals surface area (Å²) in [5.74, 6) is -6.08. The zero-order valence-corrected chi connectivity index (χ0v) is 39.5. The summed E-state index contributed by atoms with van der Waals surface area (Å²) in [6.45, 7) is 17.0. The number of carbonyl (C=O) groups excluding carboxylic acids is 4. The molecule has 0 bridgehead atoms. The summed E-state index contributed by atoms with van der Waals surface area (Å²) in [5.41, 5.74) is 0. The van der Waals surface area contributed by atoms with Crippen LogP contribution in [0.4, 0.5) is 0 Å². The van der Waals surface area contributed by atoms with Crippen LogP contribution < -0.4 is 20.4 Å². The SMILES string of the molecule is CCCC[N+](CCCC)(CCCC)CCCC.O=C([O-])C1CC[N-]C(C2CC(C(=O)[O-])CC[N-]2)C1.O=C([O-])C1CC[N-]C(C2CC(C(=O)[O-])CC[N-]2)C1.[H+].[N-]=C=S.[N-]=C=S.[Ru+6]. The Labute approximate surface area is 384 Å². The molecule has 15 nitrogen and oxygen atoms in total. The van der Waals surface area contributed by atoms with Crippen molar-refractivity contribution in [3.05, 3.63) is 32.1 Å². The standard InChI is InChI=1S/C16H36N.2C12H18N2O4.2CNS.Ru/c1-5-9-13-17(14-10-6-2,15-11-7-3)16-12-8-4;2*15-11(16)7-1-3-13-9(5-7)10-6-8(12(17)18)2-4-14-10;2*2-1-3;/h5-16H2,1-4H3;2*7-10H,1-6H2,(H,15,16)(H,17,18);;;/q+1;2*-2;2*-1;+6/p-3. The summed E-state index contributed by atoms with van der Waals surface area (Å²) in [5, 5.41) is 77.9. The van der Waals surface area contributed by atoms with Crippen molar-refractivity contribution in [1.82, 2.24) is 0 Å². The van der Waals surface area contributed by atoms with Crippen LogP contribution in [0.15, 0.2) is 0 Å². The van der Waals surface area contributed by atoms with Gasteiger partial charge in [-0.1, -0.05) is 129 Å². The van der Waals surface area contributed by atoms with Gasteiger partial charge in [-0.05, 0) is 49.4 Å². The van der Waals surface area contributed by atoms with E-state index < -0.39 is 47.5 Å². The summed E-state index contributed by atoms with van der Waals surface area (Å²) in [6, 6.07) is -0.708. The zero-order chi connectivity index (χ0) is 44.6. The number of piperidine rings is 4. The van der Waals surface area contributed by atoms with Gasteiger partial charge in [0.1, 0.15) is 0 Å². The molecular formula is C42H69N7O8RuS2-2. The van der Waals surface area contributed by atoms with Gasteiger partial charge in [0, 0.05) is 23.9 Å². The van der Waals surface area contributed by atoms with Gasteiger partial charge in [0.05, 0.1) is 26.2 Å². The Morgan fingerprint density at radius 1 is 0.517 bits per heavy atom. The van der Waals surface area contributed by atoms with Crippen LogP contribution in [-0.2, 0) is 38.7 Å². The Hall–Kier alpha value is -2.10. The van der Waals surface area contributed by atoms with Gasteiger partial charge in [-0.15, -0.1) is 26.2 Å². The number of carbonyl (C=O) groups is 4. The van der Waals surface area contributed by atoms with E-state index in [0.717, 1.165) is 0 Å². The minimum Gasteiger partial charge on any atom is -0.753 e. The second-order valence-electron chi connectivity index (χ2n) is 15.9. The van der Waals surface area contributed by atoms with Gasteiger partial charge in [-0.2, -0.15) is 34.5 Å².